The molecule has 0 aliphatic carbocycles. The standard InChI is InChI=1S/C17H24N4O/c1-5-14-8-6-7-13(2)16(14)20-17(22)15(11-18)12-19-9-10-21(3)4/h6-8,12,19H,5,9-10H2,1-4H3,(H,20,22)/b15-12-. The van der Waals surface area contributed by atoms with E-state index in [1.807, 2.05) is 57.1 Å². The molecule has 0 spiro atoms. The third kappa shape index (κ3) is 5.23. The second-order valence-electron chi connectivity index (χ2n) is 5.34. The minimum Gasteiger partial charge on any atom is -0.388 e. The van der Waals surface area contributed by atoms with Crippen molar-refractivity contribution in [3.05, 3.63) is 41.1 Å². The van der Waals surface area contributed by atoms with Crippen LogP contribution in [0.1, 0.15) is 18.1 Å². The van der Waals surface area contributed by atoms with Gasteiger partial charge in [-0.2, -0.15) is 5.26 Å². The molecule has 22 heavy (non-hydrogen) atoms. The molecule has 5 nitrogen and oxygen atoms in total. The normalized spacial score (nSPS) is 11.2. The van der Waals surface area contributed by atoms with Gasteiger partial charge in [0.25, 0.3) is 5.91 Å². The van der Waals surface area contributed by atoms with E-state index in [2.05, 4.69) is 10.6 Å². The van der Waals surface area contributed by atoms with Crippen molar-refractivity contribution in [2.75, 3.05) is 32.5 Å². The van der Waals surface area contributed by atoms with E-state index in [1.54, 1.807) is 0 Å². The number of nitrogens with zero attached hydrogens (tertiary/aromatic N) is 2. The maximum absolute atomic E-state index is 12.2. The Morgan fingerprint density at radius 3 is 2.73 bits per heavy atom. The zero-order valence-corrected chi connectivity index (χ0v) is 13.7. The summed E-state index contributed by atoms with van der Waals surface area (Å²) < 4.78 is 0. The summed E-state index contributed by atoms with van der Waals surface area (Å²) >= 11 is 0. The number of aryl methyl sites for hydroxylation is 2. The Morgan fingerprint density at radius 1 is 1.41 bits per heavy atom. The number of amides is 1. The molecule has 1 aromatic rings. The molecule has 1 amide bonds. The second kappa shape index (κ2) is 8.85. The summed E-state index contributed by atoms with van der Waals surface area (Å²) in [6.45, 7) is 5.48. The molecule has 0 unspecified atom stereocenters. The maximum Gasteiger partial charge on any atom is 0.267 e. The van der Waals surface area contributed by atoms with Gasteiger partial charge >= 0.3 is 0 Å². The van der Waals surface area contributed by atoms with Gasteiger partial charge in [-0.15, -0.1) is 0 Å². The van der Waals surface area contributed by atoms with E-state index in [-0.39, 0.29) is 11.5 Å². The zero-order valence-electron chi connectivity index (χ0n) is 13.7. The SMILES string of the molecule is CCc1cccc(C)c1NC(=O)/C(C#N)=C\NCCN(C)C. The predicted octanol–water partition coefficient (Wildman–Crippen LogP) is 2.05. The van der Waals surface area contributed by atoms with Crippen molar-refractivity contribution >= 4 is 11.6 Å². The Hall–Kier alpha value is -2.32. The molecule has 0 aromatic heterocycles. The van der Waals surface area contributed by atoms with Gasteiger partial charge in [-0.05, 0) is 38.6 Å². The van der Waals surface area contributed by atoms with E-state index in [9.17, 15) is 4.79 Å². The molecule has 0 aliphatic heterocycles. The van der Waals surface area contributed by atoms with Gasteiger partial charge in [0, 0.05) is 25.0 Å². The number of carbonyl (C=O) groups excluding carboxylic acids is 1. The highest BCUT2D eigenvalue weighted by molar-refractivity contribution is 6.07. The van der Waals surface area contributed by atoms with Crippen LogP contribution in [0.3, 0.4) is 0 Å². The molecule has 0 fully saturated rings. The second-order valence-corrected chi connectivity index (χ2v) is 5.34. The summed E-state index contributed by atoms with van der Waals surface area (Å²) in [5, 5.41) is 15.0. The molecule has 1 rings (SSSR count). The van der Waals surface area contributed by atoms with Gasteiger partial charge in [0.15, 0.2) is 0 Å². The highest BCUT2D eigenvalue weighted by Crippen LogP contribution is 2.21. The number of likely N-dealkylation sites (N-methyl/N-ethyl adjacent to an activating group) is 1. The molecule has 118 valence electrons. The van der Waals surface area contributed by atoms with E-state index in [4.69, 9.17) is 5.26 Å². The summed E-state index contributed by atoms with van der Waals surface area (Å²) in [7, 11) is 3.93. The van der Waals surface area contributed by atoms with Crippen molar-refractivity contribution in [3.8, 4) is 6.07 Å². The van der Waals surface area contributed by atoms with Gasteiger partial charge in [-0.1, -0.05) is 25.1 Å². The summed E-state index contributed by atoms with van der Waals surface area (Å²) in [6.07, 6.45) is 2.30. The first-order chi connectivity index (χ1) is 10.5. The van der Waals surface area contributed by atoms with Gasteiger partial charge < -0.3 is 15.5 Å². The highest BCUT2D eigenvalue weighted by Gasteiger charge is 2.12. The molecule has 0 saturated heterocycles. The van der Waals surface area contributed by atoms with E-state index in [0.717, 1.165) is 29.8 Å². The largest absolute Gasteiger partial charge is 0.388 e. The number of para-hydroxylation sites is 1. The Kier molecular flexibility index (Phi) is 7.14. The molecular formula is C17H24N4O. The summed E-state index contributed by atoms with van der Waals surface area (Å²) in [6, 6.07) is 7.83. The number of nitriles is 1. The average molecular weight is 300 g/mol. The lowest BCUT2D eigenvalue weighted by molar-refractivity contribution is -0.112. The molecular weight excluding hydrogens is 276 g/mol. The Morgan fingerprint density at radius 2 is 2.14 bits per heavy atom. The number of rotatable bonds is 7. The van der Waals surface area contributed by atoms with Crippen molar-refractivity contribution in [3.63, 3.8) is 0 Å². The van der Waals surface area contributed by atoms with Crippen LogP contribution in [-0.2, 0) is 11.2 Å². The number of benzene rings is 1. The molecule has 0 heterocycles. The van der Waals surface area contributed by atoms with Gasteiger partial charge in [-0.25, -0.2) is 0 Å². The molecule has 0 aliphatic rings. The highest BCUT2D eigenvalue weighted by atomic mass is 16.1. The van der Waals surface area contributed by atoms with Crippen LogP contribution >= 0.6 is 0 Å². The van der Waals surface area contributed by atoms with Crippen molar-refractivity contribution in [1.29, 1.82) is 5.26 Å². The minimum atomic E-state index is -0.385. The number of hydrogen-bond acceptors (Lipinski definition) is 4. The Bertz CT molecular complexity index is 585. The van der Waals surface area contributed by atoms with Gasteiger partial charge in [-0.3, -0.25) is 4.79 Å². The molecule has 0 saturated carbocycles. The number of anilines is 1. The summed E-state index contributed by atoms with van der Waals surface area (Å²) in [5.74, 6) is -0.385. The molecule has 0 atom stereocenters. The summed E-state index contributed by atoms with van der Waals surface area (Å²) in [4.78, 5) is 14.3. The van der Waals surface area contributed by atoms with Crippen molar-refractivity contribution in [1.82, 2.24) is 10.2 Å². The molecule has 0 bridgehead atoms. The zero-order chi connectivity index (χ0) is 16.5. The molecule has 1 aromatic carbocycles. The summed E-state index contributed by atoms with van der Waals surface area (Å²) in [5.41, 5.74) is 2.92. The van der Waals surface area contributed by atoms with Crippen LogP contribution in [0.15, 0.2) is 30.0 Å². The molecule has 5 heteroatoms. The molecule has 2 N–H and O–H groups in total. The lowest BCUT2D eigenvalue weighted by Crippen LogP contribution is -2.24. The maximum atomic E-state index is 12.2. The number of carbonyl (C=O) groups is 1. The van der Waals surface area contributed by atoms with Crippen LogP contribution < -0.4 is 10.6 Å². The quantitative estimate of drug-likeness (QED) is 0.459. The van der Waals surface area contributed by atoms with Crippen LogP contribution in [0.25, 0.3) is 0 Å². The first-order valence-corrected chi connectivity index (χ1v) is 7.37. The first-order valence-electron chi connectivity index (χ1n) is 7.37. The van der Waals surface area contributed by atoms with E-state index in [0.29, 0.717) is 6.54 Å². The fraction of sp³-hybridized carbons (Fsp3) is 0.412. The first kappa shape index (κ1) is 17.7. The fourth-order valence-corrected chi connectivity index (χ4v) is 1.99. The monoisotopic (exact) mass is 300 g/mol. The van der Waals surface area contributed by atoms with Crippen molar-refractivity contribution in [2.24, 2.45) is 0 Å². The third-order valence-corrected chi connectivity index (χ3v) is 3.29. The van der Waals surface area contributed by atoms with Gasteiger partial charge in [0.2, 0.25) is 0 Å². The van der Waals surface area contributed by atoms with Gasteiger partial charge in [0.05, 0.1) is 0 Å². The topological polar surface area (TPSA) is 68.2 Å². The van der Waals surface area contributed by atoms with Gasteiger partial charge in [0.1, 0.15) is 11.6 Å². The fourth-order valence-electron chi connectivity index (χ4n) is 1.99. The van der Waals surface area contributed by atoms with E-state index < -0.39 is 0 Å². The molecule has 0 radical (unpaired) electrons. The van der Waals surface area contributed by atoms with Crippen molar-refractivity contribution < 1.29 is 4.79 Å². The lowest BCUT2D eigenvalue weighted by atomic mass is 10.1. The minimum absolute atomic E-state index is 0.0732. The third-order valence-electron chi connectivity index (χ3n) is 3.29. The predicted molar refractivity (Wildman–Crippen MR) is 89.4 cm³/mol. The number of nitrogens with one attached hydrogen (secondary N) is 2. The smallest absolute Gasteiger partial charge is 0.267 e. The van der Waals surface area contributed by atoms with Crippen LogP contribution in [0.2, 0.25) is 0 Å². The Labute approximate surface area is 132 Å². The average Bonchev–Trinajstić information content (AvgIpc) is 2.48. The van der Waals surface area contributed by atoms with E-state index in [1.165, 1.54) is 6.20 Å². The van der Waals surface area contributed by atoms with E-state index >= 15 is 0 Å². The van der Waals surface area contributed by atoms with Crippen LogP contribution in [0, 0.1) is 18.3 Å². The number of hydrogen-bond donors (Lipinski definition) is 2. The van der Waals surface area contributed by atoms with Crippen LogP contribution in [0.4, 0.5) is 5.69 Å². The van der Waals surface area contributed by atoms with Crippen molar-refractivity contribution in [2.45, 2.75) is 20.3 Å². The Balaban J connectivity index is 2.78. The lowest BCUT2D eigenvalue weighted by Gasteiger charge is -2.13. The van der Waals surface area contributed by atoms with Crippen LogP contribution in [0.5, 0.6) is 0 Å². The van der Waals surface area contributed by atoms with Crippen LogP contribution in [-0.4, -0.2) is 38.0 Å².